The summed E-state index contributed by atoms with van der Waals surface area (Å²) in [5.74, 6) is 0.112. The molecule has 1 fully saturated rings. The zero-order valence-corrected chi connectivity index (χ0v) is 15.7. The van der Waals surface area contributed by atoms with Crippen LogP contribution in [0.4, 0.5) is 5.69 Å². The molecule has 1 saturated heterocycles. The van der Waals surface area contributed by atoms with E-state index in [1.165, 1.54) is 0 Å². The van der Waals surface area contributed by atoms with Gasteiger partial charge in [-0.15, -0.1) is 0 Å². The standard InChI is InChI=1S/C18H20ClN3O3S/c19-14-3-1-13(2-4-14)7-9-20-18(23)17-6-5-15(11-21-17)22-16-8-10-26(24,25)12-16/h1-6,11,16,22H,7-10,12H2,(H,20,23). The zero-order chi connectivity index (χ0) is 18.6. The zero-order valence-electron chi connectivity index (χ0n) is 14.1. The van der Waals surface area contributed by atoms with Gasteiger partial charge in [-0.05, 0) is 42.7 Å². The highest BCUT2D eigenvalue weighted by Crippen LogP contribution is 2.17. The lowest BCUT2D eigenvalue weighted by Gasteiger charge is -2.12. The Kier molecular flexibility index (Phi) is 5.78. The van der Waals surface area contributed by atoms with Gasteiger partial charge in [0, 0.05) is 17.6 Å². The van der Waals surface area contributed by atoms with Gasteiger partial charge in [0.25, 0.3) is 5.91 Å². The van der Waals surface area contributed by atoms with Gasteiger partial charge in [-0.1, -0.05) is 23.7 Å². The van der Waals surface area contributed by atoms with Gasteiger partial charge in [0.15, 0.2) is 9.84 Å². The summed E-state index contributed by atoms with van der Waals surface area (Å²) < 4.78 is 23.0. The Balaban J connectivity index is 1.48. The Morgan fingerprint density at radius 3 is 2.58 bits per heavy atom. The molecular weight excluding hydrogens is 374 g/mol. The van der Waals surface area contributed by atoms with E-state index in [1.807, 2.05) is 24.3 Å². The predicted molar refractivity (Wildman–Crippen MR) is 102 cm³/mol. The molecule has 8 heteroatoms. The largest absolute Gasteiger partial charge is 0.380 e. The van der Waals surface area contributed by atoms with Crippen molar-refractivity contribution in [3.8, 4) is 0 Å². The van der Waals surface area contributed by atoms with Gasteiger partial charge in [-0.2, -0.15) is 0 Å². The van der Waals surface area contributed by atoms with E-state index in [9.17, 15) is 13.2 Å². The second kappa shape index (κ2) is 8.05. The van der Waals surface area contributed by atoms with Crippen LogP contribution in [0.2, 0.25) is 5.02 Å². The van der Waals surface area contributed by atoms with E-state index >= 15 is 0 Å². The van der Waals surface area contributed by atoms with Crippen molar-refractivity contribution < 1.29 is 13.2 Å². The second-order valence-electron chi connectivity index (χ2n) is 6.31. The molecule has 2 heterocycles. The SMILES string of the molecule is O=C(NCCc1ccc(Cl)cc1)c1ccc(NC2CCS(=O)(=O)C2)cn1. The highest BCUT2D eigenvalue weighted by molar-refractivity contribution is 7.91. The van der Waals surface area contributed by atoms with Crippen LogP contribution in [0.25, 0.3) is 0 Å². The average molecular weight is 394 g/mol. The number of rotatable bonds is 6. The summed E-state index contributed by atoms with van der Waals surface area (Å²) in [6.07, 6.45) is 2.85. The Morgan fingerprint density at radius 1 is 1.19 bits per heavy atom. The van der Waals surface area contributed by atoms with Gasteiger partial charge in [0.05, 0.1) is 23.4 Å². The Bertz CT molecular complexity index is 868. The second-order valence-corrected chi connectivity index (χ2v) is 8.97. The van der Waals surface area contributed by atoms with Gasteiger partial charge in [-0.3, -0.25) is 4.79 Å². The monoisotopic (exact) mass is 393 g/mol. The van der Waals surface area contributed by atoms with E-state index in [0.29, 0.717) is 35.8 Å². The van der Waals surface area contributed by atoms with E-state index in [2.05, 4.69) is 15.6 Å². The number of nitrogens with zero attached hydrogens (tertiary/aromatic N) is 1. The third kappa shape index (κ3) is 5.19. The van der Waals surface area contributed by atoms with Crippen LogP contribution < -0.4 is 10.6 Å². The summed E-state index contributed by atoms with van der Waals surface area (Å²) in [6, 6.07) is 10.8. The van der Waals surface area contributed by atoms with Crippen LogP contribution in [-0.4, -0.2) is 43.4 Å². The first-order valence-corrected chi connectivity index (χ1v) is 10.6. The molecule has 1 amide bonds. The molecule has 1 aliphatic rings. The van der Waals surface area contributed by atoms with Crippen molar-refractivity contribution in [1.82, 2.24) is 10.3 Å². The Hall–Kier alpha value is -2.12. The van der Waals surface area contributed by atoms with Gasteiger partial charge in [0.2, 0.25) is 0 Å². The number of benzene rings is 1. The maximum Gasteiger partial charge on any atom is 0.269 e. The number of pyridine rings is 1. The molecular formula is C18H20ClN3O3S. The summed E-state index contributed by atoms with van der Waals surface area (Å²) in [5, 5.41) is 6.66. The summed E-state index contributed by atoms with van der Waals surface area (Å²) in [4.78, 5) is 16.3. The number of aromatic nitrogens is 1. The average Bonchev–Trinajstić information content (AvgIpc) is 2.96. The first-order chi connectivity index (χ1) is 12.4. The highest BCUT2D eigenvalue weighted by atomic mass is 35.5. The van der Waals surface area contributed by atoms with Crippen LogP contribution in [0, 0.1) is 0 Å². The summed E-state index contributed by atoms with van der Waals surface area (Å²) in [5.41, 5.74) is 2.13. The lowest BCUT2D eigenvalue weighted by Crippen LogP contribution is -2.26. The van der Waals surface area contributed by atoms with Crippen molar-refractivity contribution in [3.63, 3.8) is 0 Å². The molecule has 6 nitrogen and oxygen atoms in total. The molecule has 26 heavy (non-hydrogen) atoms. The lowest BCUT2D eigenvalue weighted by atomic mass is 10.1. The van der Waals surface area contributed by atoms with Crippen LogP contribution in [0.3, 0.4) is 0 Å². The molecule has 0 aliphatic carbocycles. The smallest absolute Gasteiger partial charge is 0.269 e. The van der Waals surface area contributed by atoms with E-state index in [1.54, 1.807) is 18.3 Å². The maximum atomic E-state index is 12.1. The van der Waals surface area contributed by atoms with Crippen LogP contribution in [0.15, 0.2) is 42.6 Å². The molecule has 1 aliphatic heterocycles. The molecule has 1 atom stereocenters. The molecule has 1 unspecified atom stereocenters. The van der Waals surface area contributed by atoms with Crippen molar-refractivity contribution in [2.24, 2.45) is 0 Å². The van der Waals surface area contributed by atoms with E-state index in [4.69, 9.17) is 11.6 Å². The third-order valence-electron chi connectivity index (χ3n) is 4.21. The fourth-order valence-electron chi connectivity index (χ4n) is 2.82. The van der Waals surface area contributed by atoms with Crippen molar-refractivity contribution >= 4 is 33.0 Å². The summed E-state index contributed by atoms with van der Waals surface area (Å²) >= 11 is 5.84. The lowest BCUT2D eigenvalue weighted by molar-refractivity contribution is 0.0949. The molecule has 3 rings (SSSR count). The first kappa shape index (κ1) is 18.7. The normalized spacial score (nSPS) is 18.4. The molecule has 0 bridgehead atoms. The van der Waals surface area contributed by atoms with Gasteiger partial charge in [0.1, 0.15) is 5.69 Å². The molecule has 1 aromatic heterocycles. The topological polar surface area (TPSA) is 88.2 Å². The van der Waals surface area contributed by atoms with Crippen molar-refractivity contribution in [3.05, 3.63) is 58.9 Å². The minimum Gasteiger partial charge on any atom is -0.380 e. The maximum absolute atomic E-state index is 12.1. The van der Waals surface area contributed by atoms with Crippen LogP contribution in [0.1, 0.15) is 22.5 Å². The molecule has 0 spiro atoms. The number of anilines is 1. The number of halogens is 1. The molecule has 1 aromatic carbocycles. The van der Waals surface area contributed by atoms with Gasteiger partial charge in [-0.25, -0.2) is 13.4 Å². The molecule has 0 saturated carbocycles. The number of sulfone groups is 1. The Morgan fingerprint density at radius 2 is 1.96 bits per heavy atom. The minimum absolute atomic E-state index is 0.0964. The quantitative estimate of drug-likeness (QED) is 0.786. The minimum atomic E-state index is -2.93. The number of hydrogen-bond donors (Lipinski definition) is 2. The van der Waals surface area contributed by atoms with E-state index in [0.717, 1.165) is 5.56 Å². The molecule has 138 valence electrons. The van der Waals surface area contributed by atoms with Gasteiger partial charge >= 0.3 is 0 Å². The molecule has 2 N–H and O–H groups in total. The van der Waals surface area contributed by atoms with Crippen LogP contribution in [0.5, 0.6) is 0 Å². The number of hydrogen-bond acceptors (Lipinski definition) is 5. The van der Waals surface area contributed by atoms with E-state index < -0.39 is 9.84 Å². The number of amides is 1. The Labute approximate surface area is 157 Å². The fourth-order valence-corrected chi connectivity index (χ4v) is 4.62. The van der Waals surface area contributed by atoms with Crippen LogP contribution in [-0.2, 0) is 16.3 Å². The van der Waals surface area contributed by atoms with Crippen molar-refractivity contribution in [2.75, 3.05) is 23.4 Å². The highest BCUT2D eigenvalue weighted by Gasteiger charge is 2.27. The number of carbonyl (C=O) groups excluding carboxylic acids is 1. The number of nitrogens with one attached hydrogen (secondary N) is 2. The molecule has 2 aromatic rings. The van der Waals surface area contributed by atoms with Crippen molar-refractivity contribution in [1.29, 1.82) is 0 Å². The molecule has 0 radical (unpaired) electrons. The van der Waals surface area contributed by atoms with E-state index in [-0.39, 0.29) is 23.5 Å². The van der Waals surface area contributed by atoms with Gasteiger partial charge < -0.3 is 10.6 Å². The fraction of sp³-hybridized carbons (Fsp3) is 0.333. The summed E-state index contributed by atoms with van der Waals surface area (Å²) in [6.45, 7) is 0.502. The summed E-state index contributed by atoms with van der Waals surface area (Å²) in [7, 11) is -2.93. The third-order valence-corrected chi connectivity index (χ3v) is 6.23. The van der Waals surface area contributed by atoms with Crippen LogP contribution >= 0.6 is 11.6 Å². The number of carbonyl (C=O) groups is 1. The van der Waals surface area contributed by atoms with Crippen molar-refractivity contribution in [2.45, 2.75) is 18.9 Å². The predicted octanol–water partition coefficient (Wildman–Crippen LogP) is 2.31. The first-order valence-electron chi connectivity index (χ1n) is 8.37.